The second-order valence-corrected chi connectivity index (χ2v) is 30.6. The van der Waals surface area contributed by atoms with Crippen LogP contribution in [0.3, 0.4) is 0 Å². The van der Waals surface area contributed by atoms with Gasteiger partial charge in [0.1, 0.15) is 19.3 Å². The van der Waals surface area contributed by atoms with Crippen molar-refractivity contribution in [3.8, 4) is 0 Å². The zero-order chi connectivity index (χ0) is 67.5. The average molecular weight is 1340 g/mol. The van der Waals surface area contributed by atoms with Gasteiger partial charge in [0.25, 0.3) is 0 Å². The van der Waals surface area contributed by atoms with Crippen molar-refractivity contribution in [3.63, 3.8) is 0 Å². The number of aliphatic hydroxyl groups is 1. The van der Waals surface area contributed by atoms with Crippen LogP contribution in [0.1, 0.15) is 357 Å². The second kappa shape index (κ2) is 61.6. The molecule has 91 heavy (non-hydrogen) atoms. The number of rotatable bonds is 69. The monoisotopic (exact) mass is 1340 g/mol. The summed E-state index contributed by atoms with van der Waals surface area (Å²) in [7, 11) is -9.90. The lowest BCUT2D eigenvalue weighted by atomic mass is 9.99. The van der Waals surface area contributed by atoms with Gasteiger partial charge < -0.3 is 33.8 Å². The van der Waals surface area contributed by atoms with Gasteiger partial charge in [-0.15, -0.1) is 0 Å². The molecule has 0 saturated carbocycles. The maximum Gasteiger partial charge on any atom is 0.472 e. The van der Waals surface area contributed by atoms with Gasteiger partial charge in [-0.2, -0.15) is 0 Å². The summed E-state index contributed by atoms with van der Waals surface area (Å²) in [5.41, 5.74) is 0. The first-order valence-electron chi connectivity index (χ1n) is 37.2. The summed E-state index contributed by atoms with van der Waals surface area (Å²) in [5, 5.41) is 10.6. The topological polar surface area (TPSA) is 237 Å². The maximum absolute atomic E-state index is 13.0. The van der Waals surface area contributed by atoms with E-state index in [0.717, 1.165) is 109 Å². The molecule has 0 aliphatic heterocycles. The Balaban J connectivity index is 5.13. The molecule has 17 nitrogen and oxygen atoms in total. The molecule has 0 aliphatic rings. The first-order chi connectivity index (χ1) is 43.6. The number of ether oxygens (including phenoxy) is 4. The fourth-order valence-electron chi connectivity index (χ4n) is 10.8. The molecule has 0 amide bonds. The van der Waals surface area contributed by atoms with Crippen LogP contribution >= 0.6 is 15.6 Å². The van der Waals surface area contributed by atoms with Crippen molar-refractivity contribution in [1.29, 1.82) is 0 Å². The van der Waals surface area contributed by atoms with E-state index in [1.165, 1.54) is 148 Å². The van der Waals surface area contributed by atoms with Crippen LogP contribution in [0.15, 0.2) is 0 Å². The number of aliphatic hydroxyl groups excluding tert-OH is 1. The van der Waals surface area contributed by atoms with Crippen LogP contribution in [-0.4, -0.2) is 96.7 Å². The van der Waals surface area contributed by atoms with Crippen LogP contribution in [0, 0.1) is 23.7 Å². The third-order valence-corrected chi connectivity index (χ3v) is 18.8. The minimum atomic E-state index is -4.95. The van der Waals surface area contributed by atoms with Gasteiger partial charge in [-0.25, -0.2) is 9.13 Å². The summed E-state index contributed by atoms with van der Waals surface area (Å²) in [5.74, 6) is 0.818. The molecule has 0 radical (unpaired) electrons. The standard InChI is InChI=1S/C72H140O17P2/c1-9-65(8)51-43-35-26-20-18-16-14-12-10-11-13-15-17-19-21-27-38-46-54-71(76)88-67(58-82-69(74)52-44-36-28-22-24-32-40-48-62(2)3)60-86-90(78,79)84-56-66(73)57-85-91(80,81)87-61-68(59-83-70(75)53-45-37-31-30-34-42-50-64(6)7)89-72(77)55-47-39-29-23-25-33-41-49-63(4)5/h62-68,73H,9-61H2,1-8H3,(H,78,79)(H,80,81)/t65?,66?,67-,68-/m1/s1. The van der Waals surface area contributed by atoms with Crippen molar-refractivity contribution >= 4 is 39.5 Å². The van der Waals surface area contributed by atoms with E-state index in [4.69, 9.17) is 37.0 Å². The Kier molecular flexibility index (Phi) is 60.3. The normalized spacial score (nSPS) is 14.5. The molecule has 0 saturated heterocycles. The molecule has 0 spiro atoms. The highest BCUT2D eigenvalue weighted by atomic mass is 31.2. The number of carbonyl (C=O) groups is 4. The van der Waals surface area contributed by atoms with Crippen molar-refractivity contribution in [2.45, 2.75) is 375 Å². The van der Waals surface area contributed by atoms with Gasteiger partial charge in [0.15, 0.2) is 12.2 Å². The molecule has 0 bridgehead atoms. The van der Waals surface area contributed by atoms with Gasteiger partial charge in [-0.1, -0.05) is 306 Å². The molecule has 0 aromatic heterocycles. The molecule has 0 heterocycles. The lowest BCUT2D eigenvalue weighted by molar-refractivity contribution is -0.161. The van der Waals surface area contributed by atoms with Crippen LogP contribution in [0.2, 0.25) is 0 Å². The quantitative estimate of drug-likeness (QED) is 0.0222. The van der Waals surface area contributed by atoms with E-state index < -0.39 is 97.5 Å². The number of esters is 4. The van der Waals surface area contributed by atoms with E-state index in [1.807, 2.05) is 0 Å². The SMILES string of the molecule is CCC(C)CCCCCCCCCCCCCCCCCCCCC(=O)O[C@H](COC(=O)CCCCCCCCCC(C)C)COP(=O)(O)OCC(O)COP(=O)(O)OC[C@@H](COC(=O)CCCCCCCCC(C)C)OC(=O)CCCCCCCCCC(C)C. The second-order valence-electron chi connectivity index (χ2n) is 27.6. The molecule has 19 heteroatoms. The maximum atomic E-state index is 13.0. The number of phosphoric acid groups is 2. The average Bonchev–Trinajstić information content (AvgIpc) is 3.71. The fraction of sp³-hybridized carbons (Fsp3) is 0.944. The summed E-state index contributed by atoms with van der Waals surface area (Å²) in [6, 6.07) is 0. The Morgan fingerprint density at radius 3 is 0.780 bits per heavy atom. The number of carbonyl (C=O) groups excluding carboxylic acids is 4. The minimum absolute atomic E-state index is 0.102. The van der Waals surface area contributed by atoms with Gasteiger partial charge in [0, 0.05) is 25.7 Å². The van der Waals surface area contributed by atoms with Gasteiger partial charge in [-0.05, 0) is 49.4 Å². The highest BCUT2D eigenvalue weighted by Crippen LogP contribution is 2.45. The molecule has 4 unspecified atom stereocenters. The molecule has 0 aromatic carbocycles. The lowest BCUT2D eigenvalue weighted by Gasteiger charge is -2.21. The van der Waals surface area contributed by atoms with Gasteiger partial charge in [0.05, 0.1) is 26.4 Å². The molecule has 0 aliphatic carbocycles. The lowest BCUT2D eigenvalue weighted by Crippen LogP contribution is -2.30. The Labute approximate surface area is 556 Å². The number of hydrogen-bond acceptors (Lipinski definition) is 15. The summed E-state index contributed by atoms with van der Waals surface area (Å²) in [6.45, 7) is 14.0. The van der Waals surface area contributed by atoms with Crippen LogP contribution in [-0.2, 0) is 65.4 Å². The van der Waals surface area contributed by atoms with E-state index in [0.29, 0.717) is 43.4 Å². The predicted octanol–water partition coefficient (Wildman–Crippen LogP) is 20.5. The zero-order valence-corrected chi connectivity index (χ0v) is 61.3. The third-order valence-electron chi connectivity index (χ3n) is 16.9. The zero-order valence-electron chi connectivity index (χ0n) is 59.5. The summed E-state index contributed by atoms with van der Waals surface area (Å²) in [6.07, 6.45) is 44.9. The minimum Gasteiger partial charge on any atom is -0.462 e. The Morgan fingerprint density at radius 1 is 0.308 bits per heavy atom. The Bertz CT molecular complexity index is 1800. The Hall–Kier alpha value is -1.94. The first kappa shape index (κ1) is 89.1. The van der Waals surface area contributed by atoms with Crippen LogP contribution in [0.5, 0.6) is 0 Å². The smallest absolute Gasteiger partial charge is 0.462 e. The van der Waals surface area contributed by atoms with Gasteiger partial charge in [-0.3, -0.25) is 37.3 Å². The highest BCUT2D eigenvalue weighted by Gasteiger charge is 2.30. The molecule has 0 aromatic rings. The van der Waals surface area contributed by atoms with E-state index >= 15 is 0 Å². The number of phosphoric ester groups is 2. The van der Waals surface area contributed by atoms with Crippen LogP contribution in [0.4, 0.5) is 0 Å². The van der Waals surface area contributed by atoms with Crippen molar-refractivity contribution < 1.29 is 80.2 Å². The molecule has 0 fully saturated rings. The summed E-state index contributed by atoms with van der Waals surface area (Å²) < 4.78 is 68.2. The molecule has 3 N–H and O–H groups in total. The number of hydrogen-bond donors (Lipinski definition) is 3. The van der Waals surface area contributed by atoms with Gasteiger partial charge in [0.2, 0.25) is 0 Å². The first-order valence-corrected chi connectivity index (χ1v) is 40.2. The molecule has 0 rings (SSSR count). The third kappa shape index (κ3) is 65.1. The Morgan fingerprint density at radius 2 is 0.527 bits per heavy atom. The largest absolute Gasteiger partial charge is 0.472 e. The fourth-order valence-corrected chi connectivity index (χ4v) is 12.4. The highest BCUT2D eigenvalue weighted by molar-refractivity contribution is 7.47. The van der Waals surface area contributed by atoms with E-state index in [2.05, 4.69) is 55.4 Å². The van der Waals surface area contributed by atoms with Crippen molar-refractivity contribution in [2.75, 3.05) is 39.6 Å². The van der Waals surface area contributed by atoms with Crippen LogP contribution < -0.4 is 0 Å². The molecule has 540 valence electrons. The van der Waals surface area contributed by atoms with Crippen molar-refractivity contribution in [1.82, 2.24) is 0 Å². The van der Waals surface area contributed by atoms with Crippen molar-refractivity contribution in [3.05, 3.63) is 0 Å². The summed E-state index contributed by atoms with van der Waals surface area (Å²) >= 11 is 0. The van der Waals surface area contributed by atoms with Crippen molar-refractivity contribution in [2.24, 2.45) is 23.7 Å². The predicted molar refractivity (Wildman–Crippen MR) is 367 cm³/mol. The van der Waals surface area contributed by atoms with E-state index in [1.54, 1.807) is 0 Å². The van der Waals surface area contributed by atoms with Gasteiger partial charge >= 0.3 is 39.5 Å². The molecular formula is C72H140O17P2. The van der Waals surface area contributed by atoms with Crippen LogP contribution in [0.25, 0.3) is 0 Å². The number of unbranched alkanes of at least 4 members (excludes halogenated alkanes) is 34. The molecule has 6 atom stereocenters. The molecular weight excluding hydrogens is 1200 g/mol. The van der Waals surface area contributed by atoms with E-state index in [-0.39, 0.29) is 25.7 Å². The van der Waals surface area contributed by atoms with E-state index in [9.17, 15) is 43.2 Å². The summed E-state index contributed by atoms with van der Waals surface area (Å²) in [4.78, 5) is 72.4.